The van der Waals surface area contributed by atoms with Crippen molar-refractivity contribution in [3.63, 3.8) is 0 Å². The molecule has 108 valence electrons. The van der Waals surface area contributed by atoms with Gasteiger partial charge in [-0.2, -0.15) is 0 Å². The summed E-state index contributed by atoms with van der Waals surface area (Å²) in [5.41, 5.74) is 0.331. The standard InChI is InChI=1S/C13H15BrN2O4/c1-16-6-9(5-10(14)12(16)18)15-11(17)7-2-3-8(4-7)13(19)20/h5-8H,2-4H2,1H3,(H,15,17)(H,19,20)/t7-,8+/m1/s1. The average molecular weight is 343 g/mol. The van der Waals surface area contributed by atoms with Gasteiger partial charge in [0.25, 0.3) is 5.56 Å². The second-order valence-corrected chi connectivity index (χ2v) is 5.88. The number of aliphatic carboxylic acids is 1. The van der Waals surface area contributed by atoms with Gasteiger partial charge in [0.05, 0.1) is 16.1 Å². The summed E-state index contributed by atoms with van der Waals surface area (Å²) in [5, 5.41) is 11.7. The predicted molar refractivity (Wildman–Crippen MR) is 76.5 cm³/mol. The number of nitrogens with one attached hydrogen (secondary N) is 1. The first-order valence-corrected chi connectivity index (χ1v) is 7.07. The second-order valence-electron chi connectivity index (χ2n) is 5.03. The van der Waals surface area contributed by atoms with E-state index >= 15 is 0 Å². The highest BCUT2D eigenvalue weighted by Crippen LogP contribution is 2.31. The van der Waals surface area contributed by atoms with Crippen LogP contribution in [-0.4, -0.2) is 21.6 Å². The number of hydrogen-bond acceptors (Lipinski definition) is 3. The fraction of sp³-hybridized carbons (Fsp3) is 0.462. The molecule has 1 saturated carbocycles. The number of rotatable bonds is 3. The molecule has 2 rings (SSSR count). The number of carboxylic acid groups (broad SMARTS) is 1. The highest BCUT2D eigenvalue weighted by molar-refractivity contribution is 9.10. The summed E-state index contributed by atoms with van der Waals surface area (Å²) < 4.78 is 1.74. The van der Waals surface area contributed by atoms with Crippen LogP contribution < -0.4 is 10.9 Å². The van der Waals surface area contributed by atoms with Gasteiger partial charge in [0, 0.05) is 19.2 Å². The summed E-state index contributed by atoms with van der Waals surface area (Å²) in [6, 6.07) is 1.55. The lowest BCUT2D eigenvalue weighted by molar-refractivity contribution is -0.141. The fourth-order valence-corrected chi connectivity index (χ4v) is 2.95. The van der Waals surface area contributed by atoms with Gasteiger partial charge in [-0.05, 0) is 41.3 Å². The molecular weight excluding hydrogens is 328 g/mol. The molecule has 0 unspecified atom stereocenters. The third kappa shape index (κ3) is 3.09. The lowest BCUT2D eigenvalue weighted by Gasteiger charge is -2.12. The quantitative estimate of drug-likeness (QED) is 0.872. The Hall–Kier alpha value is -1.63. The summed E-state index contributed by atoms with van der Waals surface area (Å²) in [7, 11) is 1.60. The number of anilines is 1. The van der Waals surface area contributed by atoms with Gasteiger partial charge in [0.2, 0.25) is 5.91 Å². The van der Waals surface area contributed by atoms with E-state index in [-0.39, 0.29) is 17.4 Å². The van der Waals surface area contributed by atoms with Crippen LogP contribution in [0.1, 0.15) is 19.3 Å². The number of carbonyl (C=O) groups is 2. The third-order valence-electron chi connectivity index (χ3n) is 3.56. The second kappa shape index (κ2) is 5.78. The average Bonchev–Trinajstić information content (AvgIpc) is 2.85. The molecule has 0 aliphatic heterocycles. The summed E-state index contributed by atoms with van der Waals surface area (Å²) in [4.78, 5) is 34.5. The van der Waals surface area contributed by atoms with Crippen molar-refractivity contribution in [2.24, 2.45) is 18.9 Å². The van der Waals surface area contributed by atoms with E-state index in [0.717, 1.165) is 0 Å². The molecule has 1 aromatic rings. The van der Waals surface area contributed by atoms with Crippen LogP contribution in [0.2, 0.25) is 0 Å². The molecule has 0 bridgehead atoms. The van der Waals surface area contributed by atoms with E-state index in [2.05, 4.69) is 21.2 Å². The maximum Gasteiger partial charge on any atom is 0.306 e. The lowest BCUT2D eigenvalue weighted by atomic mass is 10.0. The van der Waals surface area contributed by atoms with Crippen LogP contribution in [0.15, 0.2) is 21.5 Å². The number of aryl methyl sites for hydroxylation is 1. The first-order chi connectivity index (χ1) is 9.38. The molecule has 6 nitrogen and oxygen atoms in total. The van der Waals surface area contributed by atoms with E-state index in [0.29, 0.717) is 29.4 Å². The number of carbonyl (C=O) groups excluding carboxylic acids is 1. The minimum atomic E-state index is -0.842. The highest BCUT2D eigenvalue weighted by Gasteiger charge is 2.33. The first kappa shape index (κ1) is 14.8. The molecular formula is C13H15BrN2O4. The Morgan fingerprint density at radius 2 is 2.05 bits per heavy atom. The van der Waals surface area contributed by atoms with Crippen molar-refractivity contribution in [1.82, 2.24) is 4.57 Å². The Labute approximate surface area is 123 Å². The zero-order chi connectivity index (χ0) is 14.9. The molecule has 0 aromatic carbocycles. The van der Waals surface area contributed by atoms with Crippen molar-refractivity contribution in [2.45, 2.75) is 19.3 Å². The van der Waals surface area contributed by atoms with E-state index in [1.807, 2.05) is 0 Å². The van der Waals surface area contributed by atoms with Gasteiger partial charge in [0.1, 0.15) is 0 Å². The van der Waals surface area contributed by atoms with Crippen molar-refractivity contribution < 1.29 is 14.7 Å². The minimum absolute atomic E-state index is 0.185. The van der Waals surface area contributed by atoms with Gasteiger partial charge in [-0.25, -0.2) is 0 Å². The molecule has 1 aromatic heterocycles. The number of aromatic nitrogens is 1. The van der Waals surface area contributed by atoms with E-state index < -0.39 is 11.9 Å². The molecule has 0 spiro atoms. The SMILES string of the molecule is Cn1cc(NC(=O)[C@@H]2CC[C@H](C(=O)O)C2)cc(Br)c1=O. The van der Waals surface area contributed by atoms with Crippen molar-refractivity contribution in [1.29, 1.82) is 0 Å². The number of carboxylic acids is 1. The maximum atomic E-state index is 12.1. The van der Waals surface area contributed by atoms with Gasteiger partial charge in [-0.3, -0.25) is 14.4 Å². The number of nitrogens with zero attached hydrogens (tertiary/aromatic N) is 1. The van der Waals surface area contributed by atoms with E-state index in [9.17, 15) is 14.4 Å². The van der Waals surface area contributed by atoms with Gasteiger partial charge in [-0.15, -0.1) is 0 Å². The van der Waals surface area contributed by atoms with Crippen molar-refractivity contribution in [2.75, 3.05) is 5.32 Å². The summed E-state index contributed by atoms with van der Waals surface area (Å²) >= 11 is 3.14. The van der Waals surface area contributed by atoms with Gasteiger partial charge in [-0.1, -0.05) is 0 Å². The minimum Gasteiger partial charge on any atom is -0.481 e. The molecule has 1 fully saturated rings. The Bertz CT molecular complexity index is 585. The zero-order valence-electron chi connectivity index (χ0n) is 10.9. The van der Waals surface area contributed by atoms with Crippen LogP contribution in [-0.2, 0) is 16.6 Å². The van der Waals surface area contributed by atoms with Gasteiger partial charge in [0.15, 0.2) is 0 Å². The molecule has 0 radical (unpaired) electrons. The Morgan fingerprint density at radius 1 is 1.40 bits per heavy atom. The Kier molecular flexibility index (Phi) is 4.27. The number of amides is 1. The largest absolute Gasteiger partial charge is 0.481 e. The smallest absolute Gasteiger partial charge is 0.306 e. The normalized spacial score (nSPS) is 21.7. The lowest BCUT2D eigenvalue weighted by Crippen LogP contribution is -2.24. The molecule has 2 N–H and O–H groups in total. The van der Waals surface area contributed by atoms with Crippen LogP contribution in [0.25, 0.3) is 0 Å². The van der Waals surface area contributed by atoms with Crippen molar-refractivity contribution >= 4 is 33.5 Å². The van der Waals surface area contributed by atoms with Crippen LogP contribution in [0.4, 0.5) is 5.69 Å². The van der Waals surface area contributed by atoms with Crippen LogP contribution in [0.3, 0.4) is 0 Å². The fourth-order valence-electron chi connectivity index (χ4n) is 2.43. The number of halogens is 1. The molecule has 1 heterocycles. The topological polar surface area (TPSA) is 88.4 Å². The first-order valence-electron chi connectivity index (χ1n) is 6.28. The van der Waals surface area contributed by atoms with E-state index in [1.54, 1.807) is 13.1 Å². The molecule has 0 saturated heterocycles. The third-order valence-corrected chi connectivity index (χ3v) is 4.13. The van der Waals surface area contributed by atoms with E-state index in [1.165, 1.54) is 10.8 Å². The summed E-state index contributed by atoms with van der Waals surface area (Å²) in [6.07, 6.45) is 3.02. The molecule has 1 amide bonds. The molecule has 20 heavy (non-hydrogen) atoms. The van der Waals surface area contributed by atoms with Crippen molar-refractivity contribution in [3.8, 4) is 0 Å². The monoisotopic (exact) mass is 342 g/mol. The summed E-state index contributed by atoms with van der Waals surface area (Å²) in [5.74, 6) is -1.76. The number of pyridine rings is 1. The van der Waals surface area contributed by atoms with Crippen LogP contribution >= 0.6 is 15.9 Å². The van der Waals surface area contributed by atoms with Crippen LogP contribution in [0.5, 0.6) is 0 Å². The van der Waals surface area contributed by atoms with Gasteiger partial charge < -0.3 is 15.0 Å². The maximum absolute atomic E-state index is 12.1. The number of hydrogen-bond donors (Lipinski definition) is 2. The zero-order valence-corrected chi connectivity index (χ0v) is 12.5. The molecule has 1 aliphatic rings. The predicted octanol–water partition coefficient (Wildman–Crippen LogP) is 1.59. The van der Waals surface area contributed by atoms with Crippen molar-refractivity contribution in [3.05, 3.63) is 27.1 Å². The Balaban J connectivity index is 2.06. The summed E-state index contributed by atoms with van der Waals surface area (Å²) in [6.45, 7) is 0. The van der Waals surface area contributed by atoms with Crippen LogP contribution in [0, 0.1) is 11.8 Å². The molecule has 2 atom stereocenters. The Morgan fingerprint density at radius 3 is 2.60 bits per heavy atom. The van der Waals surface area contributed by atoms with E-state index in [4.69, 9.17) is 5.11 Å². The highest BCUT2D eigenvalue weighted by atomic mass is 79.9. The van der Waals surface area contributed by atoms with Gasteiger partial charge >= 0.3 is 5.97 Å². The molecule has 1 aliphatic carbocycles. The molecule has 7 heteroatoms.